The summed E-state index contributed by atoms with van der Waals surface area (Å²) in [6, 6.07) is 1.91. The molecule has 0 radical (unpaired) electrons. The Morgan fingerprint density at radius 2 is 2.33 bits per heavy atom. The second kappa shape index (κ2) is 2.93. The predicted molar refractivity (Wildman–Crippen MR) is 45.5 cm³/mol. The van der Waals surface area contributed by atoms with Crippen LogP contribution in [-0.2, 0) is 6.42 Å². The van der Waals surface area contributed by atoms with Gasteiger partial charge in [-0.3, -0.25) is 4.98 Å². The van der Waals surface area contributed by atoms with Gasteiger partial charge >= 0.3 is 0 Å². The van der Waals surface area contributed by atoms with E-state index in [4.69, 9.17) is 5.21 Å². The number of aromatic nitrogens is 1. The summed E-state index contributed by atoms with van der Waals surface area (Å²) in [5.74, 6) is 0. The minimum atomic E-state index is 0.790. The molecule has 12 heavy (non-hydrogen) atoms. The second-order valence-electron chi connectivity index (χ2n) is 2.93. The van der Waals surface area contributed by atoms with Crippen LogP contribution in [0, 0.1) is 0 Å². The van der Waals surface area contributed by atoms with Crippen molar-refractivity contribution in [2.45, 2.75) is 19.3 Å². The largest absolute Gasteiger partial charge is 0.411 e. The van der Waals surface area contributed by atoms with Crippen molar-refractivity contribution in [1.29, 1.82) is 0 Å². The van der Waals surface area contributed by atoms with Crippen LogP contribution in [0.5, 0.6) is 0 Å². The first-order valence-corrected chi connectivity index (χ1v) is 4.06. The van der Waals surface area contributed by atoms with Crippen LogP contribution in [0.15, 0.2) is 23.6 Å². The monoisotopic (exact) mass is 162 g/mol. The molecule has 1 aliphatic carbocycles. The van der Waals surface area contributed by atoms with Crippen LogP contribution in [0.4, 0.5) is 0 Å². The molecule has 3 heteroatoms. The van der Waals surface area contributed by atoms with Crippen molar-refractivity contribution in [2.24, 2.45) is 5.16 Å². The summed E-state index contributed by atoms with van der Waals surface area (Å²) < 4.78 is 0. The van der Waals surface area contributed by atoms with E-state index >= 15 is 0 Å². The van der Waals surface area contributed by atoms with Gasteiger partial charge in [-0.1, -0.05) is 5.16 Å². The summed E-state index contributed by atoms with van der Waals surface area (Å²) in [7, 11) is 0. The zero-order valence-corrected chi connectivity index (χ0v) is 6.70. The molecule has 0 aromatic carbocycles. The maximum atomic E-state index is 8.71. The summed E-state index contributed by atoms with van der Waals surface area (Å²) in [6.45, 7) is 0. The first kappa shape index (κ1) is 7.28. The fraction of sp³-hybridized carbons (Fsp3) is 0.333. The zero-order valence-electron chi connectivity index (χ0n) is 6.70. The van der Waals surface area contributed by atoms with Crippen molar-refractivity contribution in [1.82, 2.24) is 4.98 Å². The van der Waals surface area contributed by atoms with Gasteiger partial charge in [-0.05, 0) is 30.9 Å². The fourth-order valence-electron chi connectivity index (χ4n) is 1.59. The van der Waals surface area contributed by atoms with Crippen LogP contribution >= 0.6 is 0 Å². The molecule has 0 saturated carbocycles. The quantitative estimate of drug-likeness (QED) is 0.465. The molecule has 62 valence electrons. The summed E-state index contributed by atoms with van der Waals surface area (Å²) >= 11 is 0. The van der Waals surface area contributed by atoms with Gasteiger partial charge in [0.05, 0.1) is 5.71 Å². The number of hydrogen-bond donors (Lipinski definition) is 1. The highest BCUT2D eigenvalue weighted by molar-refractivity contribution is 6.02. The molecule has 1 aliphatic rings. The number of fused-ring (bicyclic) bond motifs is 1. The van der Waals surface area contributed by atoms with Crippen LogP contribution in [0.1, 0.15) is 24.0 Å². The molecule has 0 bridgehead atoms. The summed E-state index contributed by atoms with van der Waals surface area (Å²) in [5.41, 5.74) is 3.04. The highest BCUT2D eigenvalue weighted by Crippen LogP contribution is 2.19. The van der Waals surface area contributed by atoms with Crippen molar-refractivity contribution >= 4 is 5.71 Å². The van der Waals surface area contributed by atoms with E-state index in [1.807, 2.05) is 12.3 Å². The smallest absolute Gasteiger partial charge is 0.0871 e. The summed E-state index contributed by atoms with van der Waals surface area (Å²) in [5, 5.41) is 12.0. The van der Waals surface area contributed by atoms with Gasteiger partial charge in [-0.25, -0.2) is 0 Å². The lowest BCUT2D eigenvalue weighted by molar-refractivity contribution is 0.317. The molecule has 0 saturated heterocycles. The topological polar surface area (TPSA) is 45.5 Å². The summed E-state index contributed by atoms with van der Waals surface area (Å²) in [4.78, 5) is 4.03. The first-order valence-electron chi connectivity index (χ1n) is 4.06. The molecule has 0 spiro atoms. The van der Waals surface area contributed by atoms with Gasteiger partial charge in [0.15, 0.2) is 0 Å². The van der Waals surface area contributed by atoms with Crippen molar-refractivity contribution < 1.29 is 5.21 Å². The van der Waals surface area contributed by atoms with E-state index in [0.29, 0.717) is 0 Å². The molecule has 1 N–H and O–H groups in total. The Morgan fingerprint density at radius 3 is 3.17 bits per heavy atom. The molecule has 1 aromatic heterocycles. The molecule has 0 fully saturated rings. The standard InChI is InChI=1S/C9H10N2O/c12-11-9-3-1-2-7-6-10-5-4-8(7)9/h4-6,12H,1-3H2/b11-9-. The third-order valence-corrected chi connectivity index (χ3v) is 2.19. The van der Waals surface area contributed by atoms with Crippen LogP contribution < -0.4 is 0 Å². The maximum absolute atomic E-state index is 8.71. The molecule has 3 nitrogen and oxygen atoms in total. The highest BCUT2D eigenvalue weighted by Gasteiger charge is 2.14. The fourth-order valence-corrected chi connectivity index (χ4v) is 1.59. The molecule has 0 atom stereocenters. The lowest BCUT2D eigenvalue weighted by Crippen LogP contribution is -2.11. The predicted octanol–water partition coefficient (Wildman–Crippen LogP) is 1.60. The lowest BCUT2D eigenvalue weighted by Gasteiger charge is -2.14. The van der Waals surface area contributed by atoms with E-state index in [2.05, 4.69) is 10.1 Å². The van der Waals surface area contributed by atoms with Crippen molar-refractivity contribution in [3.8, 4) is 0 Å². The van der Waals surface area contributed by atoms with Crippen molar-refractivity contribution in [3.05, 3.63) is 29.6 Å². The van der Waals surface area contributed by atoms with Crippen LogP contribution in [0.2, 0.25) is 0 Å². The Bertz CT molecular complexity index is 320. The van der Waals surface area contributed by atoms with Gasteiger partial charge in [-0.15, -0.1) is 0 Å². The van der Waals surface area contributed by atoms with E-state index in [-0.39, 0.29) is 0 Å². The molecule has 0 amide bonds. The minimum absolute atomic E-state index is 0.790. The Hall–Kier alpha value is -1.38. The van der Waals surface area contributed by atoms with Crippen LogP contribution in [-0.4, -0.2) is 15.9 Å². The number of aryl methyl sites for hydroxylation is 1. The molecule has 2 rings (SSSR count). The summed E-state index contributed by atoms with van der Waals surface area (Å²) in [6.07, 6.45) is 6.54. The lowest BCUT2D eigenvalue weighted by atomic mass is 9.92. The molecular formula is C9H10N2O. The number of hydrogen-bond acceptors (Lipinski definition) is 3. The molecule has 0 aliphatic heterocycles. The molecule has 1 aromatic rings. The average molecular weight is 162 g/mol. The van der Waals surface area contributed by atoms with Gasteiger partial charge in [0, 0.05) is 18.0 Å². The van der Waals surface area contributed by atoms with Gasteiger partial charge in [0.1, 0.15) is 0 Å². The molecule has 1 heterocycles. The van der Waals surface area contributed by atoms with E-state index in [1.165, 1.54) is 5.56 Å². The van der Waals surface area contributed by atoms with E-state index in [0.717, 1.165) is 30.5 Å². The number of pyridine rings is 1. The second-order valence-corrected chi connectivity index (χ2v) is 2.93. The van der Waals surface area contributed by atoms with E-state index < -0.39 is 0 Å². The zero-order chi connectivity index (χ0) is 8.39. The Morgan fingerprint density at radius 1 is 1.42 bits per heavy atom. The number of rotatable bonds is 0. The highest BCUT2D eigenvalue weighted by atomic mass is 16.4. The van der Waals surface area contributed by atoms with Gasteiger partial charge in [-0.2, -0.15) is 0 Å². The van der Waals surface area contributed by atoms with Crippen LogP contribution in [0.25, 0.3) is 0 Å². The number of oxime groups is 1. The van der Waals surface area contributed by atoms with Gasteiger partial charge in [0.25, 0.3) is 0 Å². The average Bonchev–Trinajstić information content (AvgIpc) is 2.17. The Balaban J connectivity index is 2.51. The Kier molecular flexibility index (Phi) is 1.78. The minimum Gasteiger partial charge on any atom is -0.411 e. The molecule has 0 unspecified atom stereocenters. The van der Waals surface area contributed by atoms with E-state index in [1.54, 1.807) is 6.20 Å². The number of nitrogens with zero attached hydrogens (tertiary/aromatic N) is 2. The SMILES string of the molecule is O/N=C1/CCCc2cnccc21. The third kappa shape index (κ3) is 1.07. The first-order chi connectivity index (χ1) is 5.92. The molecular weight excluding hydrogens is 152 g/mol. The Labute approximate surface area is 70.7 Å². The van der Waals surface area contributed by atoms with Crippen molar-refractivity contribution in [2.75, 3.05) is 0 Å². The van der Waals surface area contributed by atoms with Crippen LogP contribution in [0.3, 0.4) is 0 Å². The van der Waals surface area contributed by atoms with Gasteiger partial charge < -0.3 is 5.21 Å². The third-order valence-electron chi connectivity index (χ3n) is 2.19. The normalized spacial score (nSPS) is 19.2. The van der Waals surface area contributed by atoms with Gasteiger partial charge in [0.2, 0.25) is 0 Å². The van der Waals surface area contributed by atoms with Crippen molar-refractivity contribution in [3.63, 3.8) is 0 Å². The maximum Gasteiger partial charge on any atom is 0.0871 e. The van der Waals surface area contributed by atoms with E-state index in [9.17, 15) is 0 Å².